The number of carbonyl (C=O) groups is 2. The Morgan fingerprint density at radius 3 is 2.15 bits per heavy atom. The SMILES string of the molecule is CS(=O)(=O)CCC(=O)NCC1(C(=O)O)CCCCCC1. The van der Waals surface area contributed by atoms with Crippen molar-refractivity contribution < 1.29 is 23.1 Å². The summed E-state index contributed by atoms with van der Waals surface area (Å²) in [5.74, 6) is -1.48. The number of carboxylic acids is 1. The van der Waals surface area contributed by atoms with Crippen molar-refractivity contribution in [3.63, 3.8) is 0 Å². The van der Waals surface area contributed by atoms with E-state index in [0.717, 1.165) is 31.9 Å². The smallest absolute Gasteiger partial charge is 0.311 e. The van der Waals surface area contributed by atoms with Crippen molar-refractivity contribution in [2.24, 2.45) is 5.41 Å². The minimum absolute atomic E-state index is 0.0882. The molecule has 1 amide bonds. The Balaban J connectivity index is 2.54. The fourth-order valence-electron chi connectivity index (χ4n) is 2.51. The second kappa shape index (κ2) is 7.06. The maximum absolute atomic E-state index is 11.6. The van der Waals surface area contributed by atoms with Gasteiger partial charge in [0, 0.05) is 19.2 Å². The predicted octanol–water partition coefficient (Wildman–Crippen LogP) is 0.962. The van der Waals surface area contributed by atoms with Gasteiger partial charge in [-0.3, -0.25) is 9.59 Å². The molecular formula is C13H23NO5S. The second-order valence-corrected chi connectivity index (χ2v) is 7.92. The molecule has 0 aromatic rings. The van der Waals surface area contributed by atoms with E-state index in [0.29, 0.717) is 12.8 Å². The predicted molar refractivity (Wildman–Crippen MR) is 75.1 cm³/mol. The average Bonchev–Trinajstić information content (AvgIpc) is 2.59. The van der Waals surface area contributed by atoms with Gasteiger partial charge in [-0.2, -0.15) is 0 Å². The van der Waals surface area contributed by atoms with Crippen LogP contribution in [0.4, 0.5) is 0 Å². The summed E-state index contributed by atoms with van der Waals surface area (Å²) >= 11 is 0. The summed E-state index contributed by atoms with van der Waals surface area (Å²) in [7, 11) is -3.18. The number of carboxylic acid groups (broad SMARTS) is 1. The minimum atomic E-state index is -3.18. The maximum Gasteiger partial charge on any atom is 0.311 e. The highest BCUT2D eigenvalue weighted by atomic mass is 32.2. The van der Waals surface area contributed by atoms with E-state index in [-0.39, 0.29) is 18.7 Å². The first-order valence-corrected chi connectivity index (χ1v) is 8.99. The molecule has 0 saturated heterocycles. The molecule has 0 atom stereocenters. The van der Waals surface area contributed by atoms with E-state index in [2.05, 4.69) is 5.32 Å². The highest BCUT2D eigenvalue weighted by molar-refractivity contribution is 7.90. The lowest BCUT2D eigenvalue weighted by Gasteiger charge is -2.28. The molecule has 7 heteroatoms. The van der Waals surface area contributed by atoms with E-state index in [9.17, 15) is 23.1 Å². The van der Waals surface area contributed by atoms with Crippen LogP contribution in [0.2, 0.25) is 0 Å². The third-order valence-electron chi connectivity index (χ3n) is 3.84. The van der Waals surface area contributed by atoms with E-state index in [1.807, 2.05) is 0 Å². The van der Waals surface area contributed by atoms with E-state index in [4.69, 9.17) is 0 Å². The largest absolute Gasteiger partial charge is 0.481 e. The molecule has 2 N–H and O–H groups in total. The Kier molecular flexibility index (Phi) is 5.98. The van der Waals surface area contributed by atoms with Crippen LogP contribution in [0.25, 0.3) is 0 Å². The number of carbonyl (C=O) groups excluding carboxylic acids is 1. The molecule has 0 bridgehead atoms. The number of amides is 1. The standard InChI is InChI=1S/C13H23NO5S/c1-20(18,19)9-6-11(15)14-10-13(12(16)17)7-4-2-3-5-8-13/h2-10H2,1H3,(H,14,15)(H,16,17). The van der Waals surface area contributed by atoms with Gasteiger partial charge in [0.25, 0.3) is 0 Å². The van der Waals surface area contributed by atoms with Crippen LogP contribution in [0.5, 0.6) is 0 Å². The molecule has 116 valence electrons. The lowest BCUT2D eigenvalue weighted by atomic mass is 9.80. The Hall–Kier alpha value is -1.11. The molecule has 20 heavy (non-hydrogen) atoms. The second-order valence-electron chi connectivity index (χ2n) is 5.66. The van der Waals surface area contributed by atoms with Gasteiger partial charge in [-0.15, -0.1) is 0 Å². The zero-order valence-corrected chi connectivity index (χ0v) is 12.7. The Morgan fingerprint density at radius 2 is 1.70 bits per heavy atom. The van der Waals surface area contributed by atoms with Crippen molar-refractivity contribution in [3.8, 4) is 0 Å². The molecule has 1 aliphatic carbocycles. The molecule has 1 saturated carbocycles. The van der Waals surface area contributed by atoms with Gasteiger partial charge in [-0.1, -0.05) is 25.7 Å². The van der Waals surface area contributed by atoms with Gasteiger partial charge >= 0.3 is 5.97 Å². The van der Waals surface area contributed by atoms with Crippen molar-refractivity contribution in [1.29, 1.82) is 0 Å². The van der Waals surface area contributed by atoms with Gasteiger partial charge in [0.1, 0.15) is 9.84 Å². The van der Waals surface area contributed by atoms with Gasteiger partial charge in [-0.05, 0) is 12.8 Å². The highest BCUT2D eigenvalue weighted by Gasteiger charge is 2.38. The summed E-state index contributed by atoms with van der Waals surface area (Å²) < 4.78 is 22.0. The van der Waals surface area contributed by atoms with Crippen molar-refractivity contribution in [2.45, 2.75) is 44.9 Å². The summed E-state index contributed by atoms with van der Waals surface area (Å²) in [6.45, 7) is 0.0882. The summed E-state index contributed by atoms with van der Waals surface area (Å²) in [5.41, 5.74) is -0.892. The molecule has 0 heterocycles. The van der Waals surface area contributed by atoms with Crippen LogP contribution in [0, 0.1) is 5.41 Å². The molecule has 0 aromatic heterocycles. The molecule has 1 rings (SSSR count). The first-order valence-electron chi connectivity index (χ1n) is 6.93. The van der Waals surface area contributed by atoms with Crippen molar-refractivity contribution in [1.82, 2.24) is 5.32 Å². The van der Waals surface area contributed by atoms with Crippen molar-refractivity contribution in [2.75, 3.05) is 18.6 Å². The average molecular weight is 305 g/mol. The third-order valence-corrected chi connectivity index (χ3v) is 4.78. The van der Waals surface area contributed by atoms with Crippen LogP contribution in [-0.2, 0) is 19.4 Å². The number of hydrogen-bond donors (Lipinski definition) is 2. The summed E-state index contributed by atoms with van der Waals surface area (Å²) in [4.78, 5) is 23.1. The number of hydrogen-bond acceptors (Lipinski definition) is 4. The van der Waals surface area contributed by atoms with Gasteiger partial charge in [0.15, 0.2) is 0 Å². The molecule has 1 aliphatic rings. The summed E-state index contributed by atoms with van der Waals surface area (Å²) in [6, 6.07) is 0. The molecule has 0 radical (unpaired) electrons. The minimum Gasteiger partial charge on any atom is -0.481 e. The van der Waals surface area contributed by atoms with E-state index < -0.39 is 27.1 Å². The van der Waals surface area contributed by atoms with Crippen LogP contribution >= 0.6 is 0 Å². The molecule has 0 unspecified atom stereocenters. The number of nitrogens with one attached hydrogen (secondary N) is 1. The normalized spacial score (nSPS) is 19.1. The van der Waals surface area contributed by atoms with Gasteiger partial charge in [0.05, 0.1) is 11.2 Å². The first kappa shape index (κ1) is 16.9. The highest BCUT2D eigenvalue weighted by Crippen LogP contribution is 2.34. The van der Waals surface area contributed by atoms with Crippen molar-refractivity contribution >= 4 is 21.7 Å². The van der Waals surface area contributed by atoms with Crippen LogP contribution < -0.4 is 5.32 Å². The zero-order valence-electron chi connectivity index (χ0n) is 11.9. The molecular weight excluding hydrogens is 282 g/mol. The molecule has 0 spiro atoms. The molecule has 1 fully saturated rings. The zero-order chi connectivity index (χ0) is 15.2. The Morgan fingerprint density at radius 1 is 1.15 bits per heavy atom. The topological polar surface area (TPSA) is 101 Å². The lowest BCUT2D eigenvalue weighted by Crippen LogP contribution is -2.43. The molecule has 0 aromatic carbocycles. The van der Waals surface area contributed by atoms with Gasteiger partial charge in [-0.25, -0.2) is 8.42 Å². The number of aliphatic carboxylic acids is 1. The van der Waals surface area contributed by atoms with Gasteiger partial charge in [0.2, 0.25) is 5.91 Å². The number of sulfone groups is 1. The fraction of sp³-hybridized carbons (Fsp3) is 0.846. The van der Waals surface area contributed by atoms with Crippen molar-refractivity contribution in [3.05, 3.63) is 0 Å². The van der Waals surface area contributed by atoms with E-state index in [1.165, 1.54) is 0 Å². The van der Waals surface area contributed by atoms with Crippen LogP contribution in [0.3, 0.4) is 0 Å². The van der Waals surface area contributed by atoms with Crippen LogP contribution in [0.1, 0.15) is 44.9 Å². The summed E-state index contributed by atoms with van der Waals surface area (Å²) in [5, 5.41) is 12.0. The van der Waals surface area contributed by atoms with E-state index >= 15 is 0 Å². The Bertz CT molecular complexity index is 449. The van der Waals surface area contributed by atoms with E-state index in [1.54, 1.807) is 0 Å². The maximum atomic E-state index is 11.6. The molecule has 6 nitrogen and oxygen atoms in total. The monoisotopic (exact) mass is 305 g/mol. The summed E-state index contributed by atoms with van der Waals surface area (Å²) in [6.07, 6.45) is 5.84. The first-order chi connectivity index (χ1) is 9.25. The Labute approximate surface area is 119 Å². The fourth-order valence-corrected chi connectivity index (χ4v) is 3.06. The number of rotatable bonds is 6. The van der Waals surface area contributed by atoms with Crippen LogP contribution in [0.15, 0.2) is 0 Å². The van der Waals surface area contributed by atoms with Crippen LogP contribution in [-0.4, -0.2) is 44.0 Å². The quantitative estimate of drug-likeness (QED) is 0.712. The lowest BCUT2D eigenvalue weighted by molar-refractivity contribution is -0.149. The molecule has 0 aliphatic heterocycles. The third kappa shape index (κ3) is 5.48. The van der Waals surface area contributed by atoms with Gasteiger partial charge < -0.3 is 10.4 Å².